The fourth-order valence-electron chi connectivity index (χ4n) is 8.16. The van der Waals surface area contributed by atoms with Crippen LogP contribution in [0.4, 0.5) is 0 Å². The smallest absolute Gasteiger partial charge is 0.160 e. The van der Waals surface area contributed by atoms with Crippen LogP contribution in [0.1, 0.15) is 12.0 Å². The molecule has 1 aromatic heterocycles. The molecule has 9 rings (SSSR count). The topological polar surface area (TPSA) is 75.7 Å². The van der Waals surface area contributed by atoms with Gasteiger partial charge in [0.2, 0.25) is 0 Å². The zero-order chi connectivity index (χ0) is 41.9. The largest absolute Gasteiger partial charge is 0.319 e. The minimum absolute atomic E-state index is 0.168. The van der Waals surface area contributed by atoms with Crippen molar-refractivity contribution in [3.63, 3.8) is 0 Å². The Morgan fingerprint density at radius 3 is 1.84 bits per heavy atom. The lowest BCUT2D eigenvalue weighted by Crippen LogP contribution is -2.30. The fourth-order valence-corrected chi connectivity index (χ4v) is 10.4. The Morgan fingerprint density at radius 2 is 1.13 bits per heavy atom. The van der Waals surface area contributed by atoms with E-state index in [9.17, 15) is 5.41 Å². The second-order valence-corrected chi connectivity index (χ2v) is 23.0. The van der Waals surface area contributed by atoms with Gasteiger partial charge >= 0.3 is 0 Å². The molecule has 298 valence electrons. The number of nitrogens with zero attached hydrogens (tertiary/aromatic N) is 2. The molecule has 3 N–H and O–H groups in total. The van der Waals surface area contributed by atoms with Crippen molar-refractivity contribution < 1.29 is 0 Å². The predicted octanol–water partition coefficient (Wildman–Crippen LogP) is 14.4. The number of allylic oxidation sites excluding steroid dienone is 3. The van der Waals surface area contributed by atoms with Crippen LogP contribution in [0.25, 0.3) is 78.1 Å². The number of aromatic nitrogens is 2. The average molecular weight is 825 g/mol. The monoisotopic (exact) mass is 824 g/mol. The number of hydrogen-bond donors (Lipinski definition) is 2. The van der Waals surface area contributed by atoms with Crippen molar-refractivity contribution in [2.75, 3.05) is 0 Å². The second-order valence-electron chi connectivity index (χ2n) is 16.7. The maximum Gasteiger partial charge on any atom is 0.160 e. The maximum absolute atomic E-state index is 9.34. The van der Waals surface area contributed by atoms with Crippen LogP contribution >= 0.6 is 11.8 Å². The van der Waals surface area contributed by atoms with Gasteiger partial charge in [0.25, 0.3) is 0 Å². The lowest BCUT2D eigenvalue weighted by molar-refractivity contribution is 0.631. The van der Waals surface area contributed by atoms with Crippen LogP contribution in [-0.4, -0.2) is 28.5 Å². The van der Waals surface area contributed by atoms with Crippen molar-refractivity contribution in [2.45, 2.75) is 31.4 Å². The molecule has 2 unspecified atom stereocenters. The number of rotatable bonds is 10. The van der Waals surface area contributed by atoms with E-state index in [0.29, 0.717) is 10.9 Å². The summed E-state index contributed by atoms with van der Waals surface area (Å²) in [4.78, 5) is 10.3. The third kappa shape index (κ3) is 8.75. The number of nitrogens with two attached hydrogens (primary N) is 1. The number of benzene rings is 7. The highest BCUT2D eigenvalue weighted by Crippen LogP contribution is 2.37. The van der Waals surface area contributed by atoms with Crippen LogP contribution in [0.15, 0.2) is 199 Å². The summed E-state index contributed by atoms with van der Waals surface area (Å²) in [5, 5.41) is 13.5. The van der Waals surface area contributed by atoms with E-state index in [1.165, 1.54) is 44.4 Å². The summed E-state index contributed by atoms with van der Waals surface area (Å²) in [6.07, 6.45) is 7.78. The van der Waals surface area contributed by atoms with E-state index in [0.717, 1.165) is 56.8 Å². The van der Waals surface area contributed by atoms with Crippen LogP contribution in [-0.2, 0) is 0 Å². The van der Waals surface area contributed by atoms with Gasteiger partial charge in [0, 0.05) is 28.2 Å². The van der Waals surface area contributed by atoms with E-state index in [1.54, 1.807) is 0 Å². The zero-order valence-corrected chi connectivity index (χ0v) is 36.5. The van der Waals surface area contributed by atoms with Gasteiger partial charge in [-0.3, -0.25) is 5.41 Å². The molecular weight excluding hydrogens is 777 g/mol. The van der Waals surface area contributed by atoms with Crippen molar-refractivity contribution >= 4 is 35.7 Å². The summed E-state index contributed by atoms with van der Waals surface area (Å²) in [5.74, 6) is 0.802. The first-order chi connectivity index (χ1) is 29.7. The molecule has 2 atom stereocenters. The molecular formula is C55H48N4SSi. The van der Waals surface area contributed by atoms with E-state index >= 15 is 0 Å². The maximum atomic E-state index is 9.34. The summed E-state index contributed by atoms with van der Waals surface area (Å²) in [6, 6.07) is 61.5. The quantitative estimate of drug-likeness (QED) is 0.0623. The fraction of sp³-hybridized carbons (Fsp3) is 0.109. The molecule has 0 fully saturated rings. The minimum atomic E-state index is -1.39. The summed E-state index contributed by atoms with van der Waals surface area (Å²) < 4.78 is 0. The molecule has 61 heavy (non-hydrogen) atoms. The second kappa shape index (κ2) is 17.3. The van der Waals surface area contributed by atoms with Crippen LogP contribution < -0.4 is 5.73 Å². The highest BCUT2D eigenvalue weighted by molar-refractivity contribution is 8.14. The average Bonchev–Trinajstić information content (AvgIpc) is 3.31. The van der Waals surface area contributed by atoms with Gasteiger partial charge < -0.3 is 5.73 Å². The van der Waals surface area contributed by atoms with Crippen LogP contribution in [0, 0.1) is 11.3 Å². The highest BCUT2D eigenvalue weighted by atomic mass is 32.2. The van der Waals surface area contributed by atoms with Gasteiger partial charge in [-0.15, -0.1) is 0 Å². The summed E-state index contributed by atoms with van der Waals surface area (Å²) in [6.45, 7) is 7.11. The predicted molar refractivity (Wildman–Crippen MR) is 263 cm³/mol. The van der Waals surface area contributed by atoms with E-state index in [2.05, 4.69) is 165 Å². The van der Waals surface area contributed by atoms with Crippen molar-refractivity contribution in [1.29, 1.82) is 5.41 Å². The lowest BCUT2D eigenvalue weighted by atomic mass is 9.93. The molecule has 0 saturated heterocycles. The summed E-state index contributed by atoms with van der Waals surface area (Å²) in [7, 11) is -1.39. The Hall–Kier alpha value is -6.44. The third-order valence-electron chi connectivity index (χ3n) is 11.5. The molecule has 0 amide bonds. The highest BCUT2D eigenvalue weighted by Gasteiger charge is 2.25. The van der Waals surface area contributed by atoms with Gasteiger partial charge in [-0.05, 0) is 74.8 Å². The summed E-state index contributed by atoms with van der Waals surface area (Å²) >= 11 is 1.43. The van der Waals surface area contributed by atoms with Crippen LogP contribution in [0.2, 0.25) is 19.6 Å². The van der Waals surface area contributed by atoms with Gasteiger partial charge in [0.1, 0.15) is 0 Å². The van der Waals surface area contributed by atoms with E-state index in [1.807, 2.05) is 48.5 Å². The van der Waals surface area contributed by atoms with Crippen molar-refractivity contribution in [1.82, 2.24) is 9.97 Å². The first-order valence-electron chi connectivity index (χ1n) is 20.9. The number of fused-ring (bicyclic) bond motifs is 1. The Morgan fingerprint density at radius 1 is 0.590 bits per heavy atom. The number of hydrogen-bond acceptors (Lipinski definition) is 5. The molecule has 1 heterocycles. The molecule has 1 aliphatic carbocycles. The molecule has 8 aromatic rings. The number of thioether (sulfide) groups is 1. The van der Waals surface area contributed by atoms with Gasteiger partial charge in [0.15, 0.2) is 5.82 Å². The number of nitrogens with one attached hydrogen (secondary N) is 1. The Balaban J connectivity index is 1.04. The lowest BCUT2D eigenvalue weighted by Gasteiger charge is -2.26. The van der Waals surface area contributed by atoms with Crippen LogP contribution in [0.5, 0.6) is 0 Å². The van der Waals surface area contributed by atoms with Crippen LogP contribution in [0.3, 0.4) is 0 Å². The van der Waals surface area contributed by atoms with E-state index in [-0.39, 0.29) is 11.3 Å². The normalized spacial score (nSPS) is 14.4. The van der Waals surface area contributed by atoms with E-state index in [4.69, 9.17) is 15.7 Å². The minimum Gasteiger partial charge on any atom is -0.319 e. The Bertz CT molecular complexity index is 2960. The first-order valence-corrected chi connectivity index (χ1v) is 25.3. The molecule has 0 bridgehead atoms. The SMILES string of the molecule is C[Si](C)(C)C1=CCC(C(N)SC(=N)c2ccccc2-c2cc(-c3cccc(-c4cccc(-c5cccc(-c6cccc7ccccc67)c5)c4)c3)nc(-c3ccccc3)n2)C=C1. The molecule has 0 saturated carbocycles. The van der Waals surface area contributed by atoms with Gasteiger partial charge in [-0.25, -0.2) is 9.97 Å². The van der Waals surface area contributed by atoms with Gasteiger partial charge in [-0.1, -0.05) is 206 Å². The molecule has 0 aliphatic heterocycles. The molecule has 0 radical (unpaired) electrons. The molecule has 7 aromatic carbocycles. The zero-order valence-electron chi connectivity index (χ0n) is 34.7. The summed E-state index contributed by atoms with van der Waals surface area (Å²) in [5.41, 5.74) is 19.0. The standard InChI is InChI=1S/C55H48N4SSi/c1-61(2,3)46-31-29-38(30-32-46)53(56)60-54(57)50-27-10-9-26-49(50)52-36-51(58-55(59-52)39-16-5-4-6-17-39)45-24-13-22-43(35-45)41-20-11-19-40(33-41)42-21-12-23-44(34-42)48-28-14-18-37-15-7-8-25-47(37)48/h4-29,31-36,38,53,57H,30,56H2,1-3H3. The first kappa shape index (κ1) is 40.0. The van der Waals surface area contributed by atoms with Crippen molar-refractivity contribution in [3.8, 4) is 67.3 Å². The van der Waals surface area contributed by atoms with Gasteiger partial charge in [-0.2, -0.15) is 0 Å². The molecule has 1 aliphatic rings. The third-order valence-corrected chi connectivity index (χ3v) is 14.7. The van der Waals surface area contributed by atoms with E-state index < -0.39 is 8.07 Å². The molecule has 6 heteroatoms. The van der Waals surface area contributed by atoms with Crippen molar-refractivity contribution in [2.24, 2.45) is 11.7 Å². The molecule has 0 spiro atoms. The Kier molecular flexibility index (Phi) is 11.3. The molecule has 4 nitrogen and oxygen atoms in total. The van der Waals surface area contributed by atoms with Gasteiger partial charge in [0.05, 0.1) is 29.9 Å². The van der Waals surface area contributed by atoms with Crippen molar-refractivity contribution in [3.05, 3.63) is 205 Å². The Labute approximate surface area is 364 Å².